The van der Waals surface area contributed by atoms with Crippen molar-refractivity contribution in [3.05, 3.63) is 29.8 Å². The van der Waals surface area contributed by atoms with E-state index in [-0.39, 0.29) is 29.9 Å². The van der Waals surface area contributed by atoms with E-state index >= 15 is 0 Å². The van der Waals surface area contributed by atoms with E-state index in [1.54, 1.807) is 33.1 Å². The maximum Gasteiger partial charge on any atom is 0.308 e. The van der Waals surface area contributed by atoms with Gasteiger partial charge in [-0.05, 0) is 82.9 Å². The fourth-order valence-corrected chi connectivity index (χ4v) is 12.6. The fourth-order valence-electron chi connectivity index (χ4n) is 12.6. The van der Waals surface area contributed by atoms with E-state index in [2.05, 4.69) is 13.8 Å². The van der Waals surface area contributed by atoms with Gasteiger partial charge in [0.25, 0.3) is 0 Å². The minimum atomic E-state index is -1.35. The van der Waals surface area contributed by atoms with Crippen molar-refractivity contribution in [2.24, 2.45) is 17.8 Å². The van der Waals surface area contributed by atoms with Gasteiger partial charge in [0.2, 0.25) is 6.29 Å². The van der Waals surface area contributed by atoms with Crippen LogP contribution in [0.15, 0.2) is 24.3 Å². The second-order valence-electron chi connectivity index (χ2n) is 24.1. The zero-order chi connectivity index (χ0) is 64.9. The van der Waals surface area contributed by atoms with Crippen LogP contribution in [0, 0.1) is 17.8 Å². The highest BCUT2D eigenvalue weighted by molar-refractivity contribution is 5.72. The lowest BCUT2D eigenvalue weighted by Gasteiger charge is -2.51. The molecule has 18 unspecified atom stereocenters. The van der Waals surface area contributed by atoms with E-state index in [0.717, 1.165) is 44.1 Å². The average molecular weight is 1260 g/mol. The number of rotatable bonds is 36. The fraction of sp³-hybridized carbons (Fsp3) is 0.859. The molecule has 4 aliphatic rings. The van der Waals surface area contributed by atoms with Gasteiger partial charge in [0.05, 0.1) is 42.9 Å². The van der Waals surface area contributed by atoms with E-state index in [1.165, 1.54) is 49.6 Å². The minimum absolute atomic E-state index is 0.178. The van der Waals surface area contributed by atoms with Crippen molar-refractivity contribution in [3.8, 4) is 5.75 Å². The quantitative estimate of drug-likeness (QED) is 0.0385. The van der Waals surface area contributed by atoms with Crippen molar-refractivity contribution < 1.29 is 115 Å². The van der Waals surface area contributed by atoms with Gasteiger partial charge in [-0.15, -0.1) is 0 Å². The summed E-state index contributed by atoms with van der Waals surface area (Å²) in [4.78, 5) is 39.7. The molecule has 0 spiro atoms. The van der Waals surface area contributed by atoms with Gasteiger partial charge in [-0.25, -0.2) is 0 Å². The van der Waals surface area contributed by atoms with Crippen LogP contribution in [0.5, 0.6) is 5.75 Å². The van der Waals surface area contributed by atoms with Crippen LogP contribution in [-0.4, -0.2) is 231 Å². The number of unbranched alkanes of at least 4 members (excludes halogenated alkanes) is 1. The highest BCUT2D eigenvalue weighted by atomic mass is 16.8. The summed E-state index contributed by atoms with van der Waals surface area (Å²) in [5.74, 6) is -0.952. The van der Waals surface area contributed by atoms with Crippen LogP contribution in [0.3, 0.4) is 0 Å². The van der Waals surface area contributed by atoms with Gasteiger partial charge in [0.15, 0.2) is 25.0 Å². The molecular formula is C64H108O24. The maximum atomic E-state index is 13.6. The number of ether oxygens (including phenoxy) is 18. The number of esters is 3. The van der Waals surface area contributed by atoms with E-state index in [4.69, 9.17) is 85.3 Å². The smallest absolute Gasteiger partial charge is 0.308 e. The molecule has 4 saturated heterocycles. The number of carbonyl (C=O) groups is 3. The molecule has 4 heterocycles. The molecule has 0 saturated carbocycles. The Morgan fingerprint density at radius 3 is 1.53 bits per heavy atom. The third kappa shape index (κ3) is 20.1. The zero-order valence-electron chi connectivity index (χ0n) is 55.2. The highest BCUT2D eigenvalue weighted by Crippen LogP contribution is 2.39. The molecule has 24 heteroatoms. The first-order valence-electron chi connectivity index (χ1n) is 31.7. The van der Waals surface area contributed by atoms with Crippen molar-refractivity contribution >= 4 is 17.9 Å². The Morgan fingerprint density at radius 1 is 0.534 bits per heavy atom. The molecule has 1 aromatic carbocycles. The molecule has 508 valence electrons. The Kier molecular flexibility index (Phi) is 32.1. The highest BCUT2D eigenvalue weighted by Gasteiger charge is 2.57. The van der Waals surface area contributed by atoms with E-state index in [9.17, 15) is 29.7 Å². The molecule has 4 fully saturated rings. The van der Waals surface area contributed by atoms with Gasteiger partial charge in [0, 0.05) is 69.5 Å². The van der Waals surface area contributed by atoms with E-state index < -0.39 is 148 Å². The van der Waals surface area contributed by atoms with Gasteiger partial charge in [-0.1, -0.05) is 72.9 Å². The van der Waals surface area contributed by atoms with Crippen molar-refractivity contribution in [1.29, 1.82) is 0 Å². The van der Waals surface area contributed by atoms with Crippen molar-refractivity contribution in [1.82, 2.24) is 0 Å². The summed E-state index contributed by atoms with van der Waals surface area (Å²) in [6, 6.07) is 7.39. The molecule has 0 bridgehead atoms. The van der Waals surface area contributed by atoms with Crippen molar-refractivity contribution in [2.75, 3.05) is 56.4 Å². The van der Waals surface area contributed by atoms with Crippen molar-refractivity contribution in [2.45, 2.75) is 281 Å². The van der Waals surface area contributed by atoms with Crippen LogP contribution < -0.4 is 4.74 Å². The number of hydrogen-bond acceptors (Lipinski definition) is 24. The molecule has 4 aliphatic heterocycles. The normalized spacial score (nSPS) is 34.8. The topological polar surface area (TPSA) is 278 Å². The van der Waals surface area contributed by atoms with Crippen molar-refractivity contribution in [3.63, 3.8) is 0 Å². The lowest BCUT2D eigenvalue weighted by atomic mass is 9.94. The summed E-state index contributed by atoms with van der Waals surface area (Å²) in [7, 11) is 10.3. The molecule has 3 N–H and O–H groups in total. The molecule has 26 atom stereocenters. The third-order valence-electron chi connectivity index (χ3n) is 17.6. The molecular weight excluding hydrogens is 1150 g/mol. The first kappa shape index (κ1) is 75.5. The Bertz CT molecular complexity index is 2150. The monoisotopic (exact) mass is 1260 g/mol. The molecule has 88 heavy (non-hydrogen) atoms. The number of carbonyl (C=O) groups excluding carboxylic acids is 3. The largest absolute Gasteiger partial charge is 0.462 e. The summed E-state index contributed by atoms with van der Waals surface area (Å²) in [5.41, 5.74) is 0.860. The summed E-state index contributed by atoms with van der Waals surface area (Å²) in [6.45, 7) is 18.0. The predicted octanol–water partition coefficient (Wildman–Crippen LogP) is 6.17. The van der Waals surface area contributed by atoms with Gasteiger partial charge in [-0.2, -0.15) is 0 Å². The maximum absolute atomic E-state index is 13.6. The lowest BCUT2D eigenvalue weighted by Crippen LogP contribution is -2.68. The molecule has 0 aliphatic carbocycles. The summed E-state index contributed by atoms with van der Waals surface area (Å²) in [5, 5.41) is 33.4. The van der Waals surface area contributed by atoms with E-state index in [0.29, 0.717) is 43.8 Å². The summed E-state index contributed by atoms with van der Waals surface area (Å²) < 4.78 is 111. The molecule has 1 aromatic rings. The first-order chi connectivity index (χ1) is 42.1. The van der Waals surface area contributed by atoms with Crippen LogP contribution in [0.2, 0.25) is 0 Å². The first-order valence-corrected chi connectivity index (χ1v) is 31.7. The molecule has 0 aromatic heterocycles. The second kappa shape index (κ2) is 37.4. The van der Waals surface area contributed by atoms with Gasteiger partial charge >= 0.3 is 17.9 Å². The summed E-state index contributed by atoms with van der Waals surface area (Å²) in [6.07, 6.45) is -14.7. The van der Waals surface area contributed by atoms with Crippen LogP contribution in [0.25, 0.3) is 0 Å². The SMILES string of the molecule is CCCC(C)C(=O)OC(CCCCC(C)C(CC)OC)CC(Cc1ccc(O[C@H]2OC(C)[C@@H](OC)C(O[C@H]3OC(C)[C@@H](O)C(O[C@H]4OC(C)[C@H](OC(C)=O)C(O[C@@H]5OC(CO)[C@@H](OC)C(O)C5OC)C4OC)C3OC)C2OC)cc1)OC(=O)C(C)CCC. The molecule has 5 rings (SSSR count). The molecule has 24 nitrogen and oxygen atoms in total. The number of aliphatic hydroxyl groups excluding tert-OH is 3. The minimum Gasteiger partial charge on any atom is -0.462 e. The third-order valence-corrected chi connectivity index (χ3v) is 17.6. The second-order valence-corrected chi connectivity index (χ2v) is 24.1. The van der Waals surface area contributed by atoms with Crippen LogP contribution in [0.1, 0.15) is 139 Å². The number of aliphatic hydroxyl groups is 3. The summed E-state index contributed by atoms with van der Waals surface area (Å²) >= 11 is 0. The van der Waals surface area contributed by atoms with Gasteiger partial charge < -0.3 is 101 Å². The van der Waals surface area contributed by atoms with Gasteiger partial charge in [-0.3, -0.25) is 14.4 Å². The van der Waals surface area contributed by atoms with Crippen LogP contribution in [-0.2, 0) is 101 Å². The molecule has 0 amide bonds. The number of methoxy groups -OCH3 is 7. The van der Waals surface area contributed by atoms with E-state index in [1.807, 2.05) is 46.8 Å². The number of benzene rings is 1. The van der Waals surface area contributed by atoms with Crippen LogP contribution in [0.4, 0.5) is 0 Å². The standard InChI is InChI=1S/C64H108O24/c1-18-23-35(5)59(69)82-43(26-22-21-25-34(4)45(20-3)71-11)32-44(83-60(70)36(6)24-19-2)31-41-27-29-42(30-28-41)84-62-57(76-16)54(49(72-12)38(8)79-62)87-63-56(75-15)52(47(67)37(7)78-63)86-64-58(77-17)55(50(39(9)80-64)81-40(10)66)88-61-53(74-14)48(68)51(73-13)46(33-65)85-61/h27-30,34-39,43-58,61-65,67-68H,18-26,31-33H2,1-17H3/t34?,35?,36?,37?,38?,39?,43?,44?,45?,46?,47-,48?,49-,50+,51-,52?,53?,54?,55?,56?,57?,58?,61+,62-,63-,64-/m1/s1. The Balaban J connectivity index is 1.36. The van der Waals surface area contributed by atoms with Crippen LogP contribution >= 0.6 is 0 Å². The van der Waals surface area contributed by atoms with Gasteiger partial charge in [0.1, 0.15) is 91.2 Å². The lowest BCUT2D eigenvalue weighted by molar-refractivity contribution is -0.389. The average Bonchev–Trinajstić information content (AvgIpc) is 3.57. The molecule has 0 radical (unpaired) electrons. The zero-order valence-corrected chi connectivity index (χ0v) is 55.2. The predicted molar refractivity (Wildman–Crippen MR) is 318 cm³/mol. The number of hydrogen-bond donors (Lipinski definition) is 3. The Morgan fingerprint density at radius 2 is 1.01 bits per heavy atom. The Labute approximate surface area is 521 Å². The Hall–Kier alpha value is -3.25.